The van der Waals surface area contributed by atoms with Crippen molar-refractivity contribution in [2.75, 3.05) is 0 Å². The predicted molar refractivity (Wildman–Crippen MR) is 52.2 cm³/mol. The van der Waals surface area contributed by atoms with Crippen LogP contribution in [0.25, 0.3) is 0 Å². The number of benzene rings is 1. The van der Waals surface area contributed by atoms with Gasteiger partial charge in [-0.05, 0) is 18.9 Å². The Balaban J connectivity index is 3.08. The van der Waals surface area contributed by atoms with Gasteiger partial charge in [0, 0.05) is 18.1 Å². The maximum atomic E-state index is 10.7. The first-order valence-electron chi connectivity index (χ1n) is 4.33. The number of aldehydes is 1. The molecule has 0 aromatic heterocycles. The third-order valence-corrected chi connectivity index (χ3v) is 2.09. The molecule has 0 bridgehead atoms. The molecule has 0 atom stereocenters. The molecule has 0 saturated heterocycles. The number of carbonyl (C=O) groups excluding carboxylic acids is 1. The van der Waals surface area contributed by atoms with E-state index in [4.69, 9.17) is 0 Å². The van der Waals surface area contributed by atoms with Crippen LogP contribution in [-0.4, -0.2) is 11.2 Å². The predicted octanol–water partition coefficient (Wildman–Crippen LogP) is 2.03. The van der Waals surface area contributed by atoms with Crippen molar-refractivity contribution in [1.82, 2.24) is 0 Å². The summed E-state index contributed by atoms with van der Waals surface area (Å²) in [4.78, 5) is 20.4. The second-order valence-electron chi connectivity index (χ2n) is 3.04. The summed E-state index contributed by atoms with van der Waals surface area (Å²) in [5.74, 6) is 0. The first kappa shape index (κ1) is 10.4. The van der Waals surface area contributed by atoms with E-state index in [1.807, 2.05) is 13.0 Å². The van der Waals surface area contributed by atoms with Crippen molar-refractivity contribution in [2.45, 2.75) is 19.8 Å². The van der Waals surface area contributed by atoms with Gasteiger partial charge in [-0.15, -0.1) is 0 Å². The van der Waals surface area contributed by atoms with Crippen LogP contribution in [0.3, 0.4) is 0 Å². The SMILES string of the molecule is Cc1cccc([N+](=O)[O-])c1CCC=O. The van der Waals surface area contributed by atoms with Crippen molar-refractivity contribution in [1.29, 1.82) is 0 Å². The largest absolute Gasteiger partial charge is 0.303 e. The molecule has 0 unspecified atom stereocenters. The molecule has 0 aliphatic rings. The minimum absolute atomic E-state index is 0.104. The van der Waals surface area contributed by atoms with E-state index in [-0.39, 0.29) is 5.69 Å². The Morgan fingerprint density at radius 2 is 2.21 bits per heavy atom. The van der Waals surface area contributed by atoms with Gasteiger partial charge in [-0.3, -0.25) is 10.1 Å². The normalized spacial score (nSPS) is 9.79. The Morgan fingerprint density at radius 1 is 1.50 bits per heavy atom. The second kappa shape index (κ2) is 4.50. The number of nitrogens with zero attached hydrogens (tertiary/aromatic N) is 1. The summed E-state index contributed by atoms with van der Waals surface area (Å²) < 4.78 is 0. The smallest absolute Gasteiger partial charge is 0.272 e. The van der Waals surface area contributed by atoms with Crippen molar-refractivity contribution in [3.63, 3.8) is 0 Å². The average molecular weight is 193 g/mol. The number of carbonyl (C=O) groups is 1. The summed E-state index contributed by atoms with van der Waals surface area (Å²) in [5, 5.41) is 10.7. The molecule has 1 aromatic carbocycles. The number of hydrogen-bond acceptors (Lipinski definition) is 3. The minimum atomic E-state index is -0.410. The lowest BCUT2D eigenvalue weighted by Crippen LogP contribution is -1.98. The fourth-order valence-electron chi connectivity index (χ4n) is 1.39. The number of nitro groups is 1. The van der Waals surface area contributed by atoms with E-state index in [0.29, 0.717) is 18.4 Å². The maximum absolute atomic E-state index is 10.7. The molecular weight excluding hydrogens is 182 g/mol. The highest BCUT2D eigenvalue weighted by molar-refractivity contribution is 5.53. The molecule has 0 saturated carbocycles. The van der Waals surface area contributed by atoms with E-state index in [0.717, 1.165) is 11.8 Å². The van der Waals surface area contributed by atoms with Gasteiger partial charge < -0.3 is 4.79 Å². The number of rotatable bonds is 4. The van der Waals surface area contributed by atoms with Crippen LogP contribution in [0.1, 0.15) is 17.5 Å². The highest BCUT2D eigenvalue weighted by atomic mass is 16.6. The molecule has 1 aromatic rings. The van der Waals surface area contributed by atoms with Gasteiger partial charge in [-0.2, -0.15) is 0 Å². The minimum Gasteiger partial charge on any atom is -0.303 e. The summed E-state index contributed by atoms with van der Waals surface area (Å²) in [6, 6.07) is 4.93. The molecule has 0 spiro atoms. The van der Waals surface area contributed by atoms with E-state index >= 15 is 0 Å². The Labute approximate surface area is 81.7 Å². The lowest BCUT2D eigenvalue weighted by molar-refractivity contribution is -0.385. The van der Waals surface area contributed by atoms with Crippen LogP contribution in [-0.2, 0) is 11.2 Å². The maximum Gasteiger partial charge on any atom is 0.272 e. The van der Waals surface area contributed by atoms with Crippen LogP contribution in [0.5, 0.6) is 0 Å². The number of hydrogen-bond donors (Lipinski definition) is 0. The van der Waals surface area contributed by atoms with Crippen LogP contribution in [0.2, 0.25) is 0 Å². The summed E-state index contributed by atoms with van der Waals surface area (Å²) in [5.41, 5.74) is 1.62. The van der Waals surface area contributed by atoms with Crippen molar-refractivity contribution in [3.05, 3.63) is 39.4 Å². The zero-order chi connectivity index (χ0) is 10.6. The molecule has 0 aliphatic carbocycles. The highest BCUT2D eigenvalue weighted by Gasteiger charge is 2.14. The fraction of sp³-hybridized carbons (Fsp3) is 0.300. The van der Waals surface area contributed by atoms with Crippen molar-refractivity contribution in [2.24, 2.45) is 0 Å². The van der Waals surface area contributed by atoms with Gasteiger partial charge in [0.05, 0.1) is 4.92 Å². The molecular formula is C10H11NO3. The lowest BCUT2D eigenvalue weighted by atomic mass is 10.0. The molecule has 0 radical (unpaired) electrons. The van der Waals surface area contributed by atoms with Gasteiger partial charge in [0.2, 0.25) is 0 Å². The molecule has 14 heavy (non-hydrogen) atoms. The standard InChI is InChI=1S/C10H11NO3/c1-8-4-2-6-10(11(13)14)9(8)5-3-7-12/h2,4,6-7H,3,5H2,1H3. The Morgan fingerprint density at radius 3 is 2.79 bits per heavy atom. The first-order valence-corrected chi connectivity index (χ1v) is 4.33. The number of nitro benzene ring substituents is 1. The molecule has 4 heteroatoms. The van der Waals surface area contributed by atoms with Gasteiger partial charge in [0.25, 0.3) is 5.69 Å². The summed E-state index contributed by atoms with van der Waals surface area (Å²) in [7, 11) is 0. The van der Waals surface area contributed by atoms with Crippen molar-refractivity contribution in [3.8, 4) is 0 Å². The molecule has 1 rings (SSSR count). The second-order valence-corrected chi connectivity index (χ2v) is 3.04. The van der Waals surface area contributed by atoms with Crippen LogP contribution in [0.15, 0.2) is 18.2 Å². The van der Waals surface area contributed by atoms with Gasteiger partial charge in [0.15, 0.2) is 0 Å². The molecule has 0 heterocycles. The van der Waals surface area contributed by atoms with Crippen molar-refractivity contribution < 1.29 is 9.72 Å². The lowest BCUT2D eigenvalue weighted by Gasteiger charge is -2.03. The third kappa shape index (κ3) is 2.16. The van der Waals surface area contributed by atoms with Gasteiger partial charge >= 0.3 is 0 Å². The van der Waals surface area contributed by atoms with E-state index in [2.05, 4.69) is 0 Å². The van der Waals surface area contributed by atoms with Gasteiger partial charge in [-0.25, -0.2) is 0 Å². The van der Waals surface area contributed by atoms with E-state index in [9.17, 15) is 14.9 Å². The number of aryl methyl sites for hydroxylation is 1. The monoisotopic (exact) mass is 193 g/mol. The van der Waals surface area contributed by atoms with E-state index in [1.165, 1.54) is 6.07 Å². The summed E-state index contributed by atoms with van der Waals surface area (Å²) >= 11 is 0. The molecule has 0 amide bonds. The quantitative estimate of drug-likeness (QED) is 0.417. The summed E-state index contributed by atoms with van der Waals surface area (Å²) in [6.45, 7) is 1.81. The third-order valence-electron chi connectivity index (χ3n) is 2.09. The zero-order valence-electron chi connectivity index (χ0n) is 7.90. The first-order chi connectivity index (χ1) is 6.66. The van der Waals surface area contributed by atoms with Crippen LogP contribution < -0.4 is 0 Å². The van der Waals surface area contributed by atoms with E-state index in [1.54, 1.807) is 6.07 Å². The molecule has 74 valence electrons. The van der Waals surface area contributed by atoms with Gasteiger partial charge in [0.1, 0.15) is 6.29 Å². The Bertz CT molecular complexity index is 360. The summed E-state index contributed by atoms with van der Waals surface area (Å²) in [6.07, 6.45) is 1.54. The van der Waals surface area contributed by atoms with Crippen LogP contribution in [0, 0.1) is 17.0 Å². The van der Waals surface area contributed by atoms with Gasteiger partial charge in [-0.1, -0.05) is 12.1 Å². The molecule has 4 nitrogen and oxygen atoms in total. The van der Waals surface area contributed by atoms with E-state index < -0.39 is 4.92 Å². The molecule has 0 fully saturated rings. The zero-order valence-corrected chi connectivity index (χ0v) is 7.90. The Hall–Kier alpha value is -1.71. The Kier molecular flexibility index (Phi) is 3.34. The average Bonchev–Trinajstić information content (AvgIpc) is 2.15. The molecule has 0 aliphatic heterocycles. The van der Waals surface area contributed by atoms with Crippen molar-refractivity contribution >= 4 is 12.0 Å². The molecule has 0 N–H and O–H groups in total. The fourth-order valence-corrected chi connectivity index (χ4v) is 1.39. The van der Waals surface area contributed by atoms with Crippen LogP contribution >= 0.6 is 0 Å². The topological polar surface area (TPSA) is 60.2 Å². The highest BCUT2D eigenvalue weighted by Crippen LogP contribution is 2.22. The van der Waals surface area contributed by atoms with Crippen LogP contribution in [0.4, 0.5) is 5.69 Å².